The number of pyridine rings is 1. The quantitative estimate of drug-likeness (QED) is 0.503. The van der Waals surface area contributed by atoms with Crippen LogP contribution in [0.2, 0.25) is 0 Å². The van der Waals surface area contributed by atoms with Crippen molar-refractivity contribution in [2.24, 2.45) is 11.8 Å². The fraction of sp³-hybridized carbons (Fsp3) is 0.667. The molecule has 0 aromatic carbocycles. The summed E-state index contributed by atoms with van der Waals surface area (Å²) in [7, 11) is 0. The molecule has 1 aliphatic rings. The van der Waals surface area contributed by atoms with Crippen molar-refractivity contribution >= 4 is 0 Å². The lowest BCUT2D eigenvalue weighted by atomic mass is 9.89. The van der Waals surface area contributed by atoms with Crippen LogP contribution in [-0.2, 0) is 6.18 Å². The lowest BCUT2D eigenvalue weighted by Crippen LogP contribution is -2.31. The van der Waals surface area contributed by atoms with Gasteiger partial charge in [-0.25, -0.2) is 0 Å². The van der Waals surface area contributed by atoms with Crippen molar-refractivity contribution in [1.82, 2.24) is 10.4 Å². The lowest BCUT2D eigenvalue weighted by molar-refractivity contribution is -0.138. The van der Waals surface area contributed by atoms with Crippen molar-refractivity contribution in [3.63, 3.8) is 0 Å². The van der Waals surface area contributed by atoms with Crippen LogP contribution in [0.3, 0.4) is 0 Å². The third-order valence-electron chi connectivity index (χ3n) is 4.28. The molecule has 1 aromatic rings. The Bertz CT molecular complexity index is 440. The van der Waals surface area contributed by atoms with Crippen LogP contribution in [0.5, 0.6) is 0 Å². The number of halogens is 3. The smallest absolute Gasteiger partial charge is 0.271 e. The van der Waals surface area contributed by atoms with Crippen LogP contribution < -0.4 is 11.3 Å². The predicted octanol–water partition coefficient (Wildman–Crippen LogP) is 3.97. The van der Waals surface area contributed by atoms with Gasteiger partial charge in [0.05, 0.1) is 5.56 Å². The summed E-state index contributed by atoms with van der Waals surface area (Å²) in [4.78, 5) is 3.84. The summed E-state index contributed by atoms with van der Waals surface area (Å²) in [6, 6.07) is 0.519. The molecule has 118 valence electrons. The molecule has 1 aliphatic carbocycles. The Hall–Kier alpha value is -1.14. The average Bonchev–Trinajstić information content (AvgIpc) is 2.72. The van der Waals surface area contributed by atoms with Crippen LogP contribution >= 0.6 is 0 Å². The first-order valence-corrected chi connectivity index (χ1v) is 7.49. The molecular weight excluding hydrogens is 279 g/mol. The molecule has 0 spiro atoms. The molecule has 2 rings (SSSR count). The fourth-order valence-electron chi connectivity index (χ4n) is 3.16. The van der Waals surface area contributed by atoms with Crippen LogP contribution in [0, 0.1) is 5.92 Å². The number of nitrogens with two attached hydrogens (primary N) is 1. The van der Waals surface area contributed by atoms with Gasteiger partial charge in [0.15, 0.2) is 0 Å². The lowest BCUT2D eigenvalue weighted by Gasteiger charge is -2.24. The maximum atomic E-state index is 13.1. The molecule has 3 N–H and O–H groups in total. The fourth-order valence-corrected chi connectivity index (χ4v) is 3.16. The third kappa shape index (κ3) is 4.41. The number of hydrazine groups is 1. The van der Waals surface area contributed by atoms with Crippen molar-refractivity contribution in [2.75, 3.05) is 0 Å². The van der Waals surface area contributed by atoms with Gasteiger partial charge in [0.1, 0.15) is 0 Å². The van der Waals surface area contributed by atoms with Gasteiger partial charge in [0.25, 0.3) is 0 Å². The second-order valence-corrected chi connectivity index (χ2v) is 5.77. The minimum atomic E-state index is -4.38. The van der Waals surface area contributed by atoms with Crippen LogP contribution in [0.4, 0.5) is 13.2 Å². The minimum absolute atomic E-state index is 0.150. The van der Waals surface area contributed by atoms with E-state index >= 15 is 0 Å². The summed E-state index contributed by atoms with van der Waals surface area (Å²) >= 11 is 0. The Morgan fingerprint density at radius 1 is 1.24 bits per heavy atom. The maximum absolute atomic E-state index is 13.1. The van der Waals surface area contributed by atoms with Crippen molar-refractivity contribution < 1.29 is 13.2 Å². The molecule has 1 atom stereocenters. The Morgan fingerprint density at radius 3 is 2.48 bits per heavy atom. The summed E-state index contributed by atoms with van der Waals surface area (Å²) in [6.45, 7) is 0. The minimum Gasteiger partial charge on any atom is -0.271 e. The number of aromatic nitrogens is 1. The first-order chi connectivity index (χ1) is 10.0. The first-order valence-electron chi connectivity index (χ1n) is 7.49. The molecule has 3 nitrogen and oxygen atoms in total. The zero-order valence-corrected chi connectivity index (χ0v) is 12.0. The van der Waals surface area contributed by atoms with Gasteiger partial charge in [-0.05, 0) is 18.4 Å². The number of nitrogens with one attached hydrogen (secondary N) is 1. The largest absolute Gasteiger partial charge is 0.416 e. The van der Waals surface area contributed by atoms with Crippen molar-refractivity contribution in [2.45, 2.75) is 57.2 Å². The molecule has 21 heavy (non-hydrogen) atoms. The van der Waals surface area contributed by atoms with E-state index in [-0.39, 0.29) is 5.56 Å². The van der Waals surface area contributed by atoms with E-state index in [4.69, 9.17) is 5.84 Å². The van der Waals surface area contributed by atoms with Gasteiger partial charge in [-0.15, -0.1) is 0 Å². The molecule has 0 bridgehead atoms. The number of rotatable bonds is 4. The molecule has 1 fully saturated rings. The van der Waals surface area contributed by atoms with E-state index in [9.17, 15) is 13.2 Å². The topological polar surface area (TPSA) is 50.9 Å². The number of nitrogens with zero attached hydrogens (tertiary/aromatic N) is 1. The first kappa shape index (κ1) is 16.2. The average molecular weight is 301 g/mol. The van der Waals surface area contributed by atoms with Gasteiger partial charge in [-0.3, -0.25) is 16.3 Å². The Balaban J connectivity index is 2.17. The molecule has 1 saturated carbocycles. The molecule has 0 amide bonds. The molecule has 6 heteroatoms. The predicted molar refractivity (Wildman–Crippen MR) is 75.1 cm³/mol. The van der Waals surface area contributed by atoms with E-state index in [0.717, 1.165) is 31.7 Å². The Morgan fingerprint density at radius 2 is 1.90 bits per heavy atom. The molecule has 1 heterocycles. The SMILES string of the molecule is NNC(CC1CCCCCC1)c1cnccc1C(F)(F)F. The highest BCUT2D eigenvalue weighted by Gasteiger charge is 2.35. The van der Waals surface area contributed by atoms with E-state index in [1.165, 1.54) is 25.2 Å². The highest BCUT2D eigenvalue weighted by molar-refractivity contribution is 5.29. The number of hydrogen-bond donors (Lipinski definition) is 2. The molecule has 1 aromatic heterocycles. The van der Waals surface area contributed by atoms with Crippen LogP contribution in [0.25, 0.3) is 0 Å². The molecule has 0 saturated heterocycles. The zero-order valence-electron chi connectivity index (χ0n) is 12.0. The summed E-state index contributed by atoms with van der Waals surface area (Å²) in [5.41, 5.74) is 2.06. The van der Waals surface area contributed by atoms with E-state index < -0.39 is 17.8 Å². The van der Waals surface area contributed by atoms with E-state index in [1.807, 2.05) is 0 Å². The molecule has 1 unspecified atom stereocenters. The van der Waals surface area contributed by atoms with Gasteiger partial charge in [0.2, 0.25) is 0 Å². The maximum Gasteiger partial charge on any atom is 0.416 e. The van der Waals surface area contributed by atoms with Crippen molar-refractivity contribution in [3.05, 3.63) is 29.6 Å². The summed E-state index contributed by atoms with van der Waals surface area (Å²) < 4.78 is 39.3. The summed E-state index contributed by atoms with van der Waals surface area (Å²) in [5, 5.41) is 0. The molecule has 0 radical (unpaired) electrons. The van der Waals surface area contributed by atoms with Crippen LogP contribution in [0.15, 0.2) is 18.5 Å². The van der Waals surface area contributed by atoms with Crippen molar-refractivity contribution in [1.29, 1.82) is 0 Å². The monoisotopic (exact) mass is 301 g/mol. The summed E-state index contributed by atoms with van der Waals surface area (Å²) in [6.07, 6.45) is 5.59. The number of hydrogen-bond acceptors (Lipinski definition) is 3. The molecular formula is C15H22F3N3. The van der Waals surface area contributed by atoms with Gasteiger partial charge in [-0.1, -0.05) is 38.5 Å². The third-order valence-corrected chi connectivity index (χ3v) is 4.28. The van der Waals surface area contributed by atoms with Gasteiger partial charge in [0, 0.05) is 24.0 Å². The molecule has 0 aliphatic heterocycles. The second-order valence-electron chi connectivity index (χ2n) is 5.77. The van der Waals surface area contributed by atoms with Crippen molar-refractivity contribution in [3.8, 4) is 0 Å². The summed E-state index contributed by atoms with van der Waals surface area (Å²) in [5.74, 6) is 5.95. The van der Waals surface area contributed by atoms with Gasteiger partial charge in [-0.2, -0.15) is 13.2 Å². The van der Waals surface area contributed by atoms with Gasteiger partial charge < -0.3 is 0 Å². The van der Waals surface area contributed by atoms with Crippen LogP contribution in [-0.4, -0.2) is 4.98 Å². The highest BCUT2D eigenvalue weighted by Crippen LogP contribution is 2.37. The zero-order chi connectivity index (χ0) is 15.3. The Kier molecular flexibility index (Phi) is 5.58. The highest BCUT2D eigenvalue weighted by atomic mass is 19.4. The second kappa shape index (κ2) is 7.22. The van der Waals surface area contributed by atoms with E-state index in [2.05, 4.69) is 10.4 Å². The number of alkyl halides is 3. The normalized spacial score (nSPS) is 19.2. The van der Waals surface area contributed by atoms with E-state index in [1.54, 1.807) is 0 Å². The van der Waals surface area contributed by atoms with Gasteiger partial charge >= 0.3 is 6.18 Å². The standard InChI is InChI=1S/C15H22F3N3/c16-15(17,18)13-7-8-20-10-12(13)14(21-19)9-11-5-3-1-2-4-6-11/h7-8,10-11,14,21H,1-6,9,19H2. The Labute approximate surface area is 123 Å². The van der Waals surface area contributed by atoms with E-state index in [0.29, 0.717) is 12.3 Å². The van der Waals surface area contributed by atoms with Crippen LogP contribution in [0.1, 0.15) is 62.1 Å².